The molecule has 11 unspecified atom stereocenters. The molecule has 0 radical (unpaired) electrons. The number of allylic oxidation sites excluding steroid dienone is 4. The summed E-state index contributed by atoms with van der Waals surface area (Å²) in [5, 5.41) is 34.1. The van der Waals surface area contributed by atoms with E-state index in [2.05, 4.69) is 6.58 Å². The quantitative estimate of drug-likeness (QED) is 0.185. The van der Waals surface area contributed by atoms with Gasteiger partial charge in [-0.3, -0.25) is 14.4 Å². The lowest BCUT2D eigenvalue weighted by Gasteiger charge is -2.47. The van der Waals surface area contributed by atoms with Gasteiger partial charge >= 0.3 is 5.97 Å². The third kappa shape index (κ3) is 11.3. The van der Waals surface area contributed by atoms with Crippen molar-refractivity contribution >= 4 is 23.4 Å². The number of carbonyl (C=O) groups excluding carboxylic acids is 4. The van der Waals surface area contributed by atoms with Gasteiger partial charge in [0.15, 0.2) is 0 Å². The van der Waals surface area contributed by atoms with Gasteiger partial charge in [0.1, 0.15) is 24.0 Å². The highest BCUT2D eigenvalue weighted by Crippen LogP contribution is 2.39. The molecule has 2 bridgehead atoms. The van der Waals surface area contributed by atoms with Crippen molar-refractivity contribution in [2.24, 2.45) is 29.6 Å². The summed E-state index contributed by atoms with van der Waals surface area (Å²) in [6, 6.07) is -1.14. The van der Waals surface area contributed by atoms with Gasteiger partial charge in [-0.1, -0.05) is 44.6 Å². The van der Waals surface area contributed by atoms with Gasteiger partial charge in [0, 0.05) is 52.0 Å². The highest BCUT2D eigenvalue weighted by molar-refractivity contribution is 6.39. The zero-order valence-corrected chi connectivity index (χ0v) is 35.4. The van der Waals surface area contributed by atoms with Crippen LogP contribution in [0, 0.1) is 29.6 Å². The second-order valence-electron chi connectivity index (χ2n) is 17.3. The van der Waals surface area contributed by atoms with Gasteiger partial charge in [-0.25, -0.2) is 4.79 Å². The molecule has 1 saturated carbocycles. The smallest absolute Gasteiger partial charge is 0.329 e. The molecular weight excluding hydrogens is 734 g/mol. The number of esters is 1. The Labute approximate surface area is 339 Å². The largest absolute Gasteiger partial charge is 0.456 e. The Bertz CT molecular complexity index is 1480. The van der Waals surface area contributed by atoms with Crippen molar-refractivity contribution < 1.29 is 58.2 Å². The number of ketones is 2. The molecule has 0 aromatic heterocycles. The van der Waals surface area contributed by atoms with Crippen LogP contribution in [-0.4, -0.2) is 126 Å². The fraction of sp³-hybridized carbons (Fsp3) is 0.773. The van der Waals surface area contributed by atoms with Crippen LogP contribution in [0.5, 0.6) is 0 Å². The Morgan fingerprint density at radius 2 is 1.60 bits per heavy atom. The van der Waals surface area contributed by atoms with Gasteiger partial charge in [-0.2, -0.15) is 0 Å². The van der Waals surface area contributed by atoms with E-state index < -0.39 is 83.9 Å². The van der Waals surface area contributed by atoms with Crippen LogP contribution in [0.4, 0.5) is 0 Å². The number of rotatable bonds is 7. The molecule has 14 atom stereocenters. The number of piperidine rings is 1. The third-order valence-electron chi connectivity index (χ3n) is 12.9. The number of aliphatic hydroxyl groups is 3. The average molecular weight is 804 g/mol. The number of aliphatic hydroxyl groups excluding tert-OH is 2. The zero-order chi connectivity index (χ0) is 42.2. The monoisotopic (exact) mass is 803 g/mol. The van der Waals surface area contributed by atoms with Gasteiger partial charge in [0.2, 0.25) is 5.79 Å². The molecule has 322 valence electrons. The summed E-state index contributed by atoms with van der Waals surface area (Å²) in [4.78, 5) is 57.8. The Morgan fingerprint density at radius 3 is 2.25 bits per heavy atom. The van der Waals surface area contributed by atoms with E-state index in [4.69, 9.17) is 23.7 Å². The molecule has 3 fully saturated rings. The number of fused-ring (bicyclic) bond motifs is 3. The fourth-order valence-corrected chi connectivity index (χ4v) is 9.42. The standard InChI is InChI=1S/C44H69NO12/c1-10-13-31-19-25(2)18-26(3)20-37(54-8)40-38(55-9)22-28(5)44(52,57-40)41(49)42(50)45-17-12-11-14-32(45)43(51)56-39(29(6)34(47)24-35(31)48)27(4)21-30-15-16-33(46)36(23-30)53-7/h10,19,21,26,28-34,36-40,46-47,52H,1,11-18,20,22-24H2,2-9H3/b25-19+,27-21+/t26-,28?,29?,30-,31?,32?,33+,34?,36?,37?,38?,39?,40?,44?/m0/s1. The van der Waals surface area contributed by atoms with E-state index in [0.29, 0.717) is 56.9 Å². The van der Waals surface area contributed by atoms with E-state index in [-0.39, 0.29) is 49.5 Å². The molecule has 1 aliphatic carbocycles. The first-order chi connectivity index (χ1) is 27.0. The summed E-state index contributed by atoms with van der Waals surface area (Å²) in [7, 11) is 4.61. The van der Waals surface area contributed by atoms with E-state index in [1.807, 2.05) is 32.9 Å². The second kappa shape index (κ2) is 21.0. The lowest BCUT2D eigenvalue weighted by molar-refractivity contribution is -0.302. The predicted molar refractivity (Wildman–Crippen MR) is 213 cm³/mol. The summed E-state index contributed by atoms with van der Waals surface area (Å²) in [5.41, 5.74) is 1.61. The van der Waals surface area contributed by atoms with E-state index in [9.17, 15) is 34.5 Å². The fourth-order valence-electron chi connectivity index (χ4n) is 9.42. The first kappa shape index (κ1) is 46.9. The summed E-state index contributed by atoms with van der Waals surface area (Å²) < 4.78 is 29.7. The summed E-state index contributed by atoms with van der Waals surface area (Å²) in [6.45, 7) is 13.1. The van der Waals surface area contributed by atoms with Crippen molar-refractivity contribution in [2.75, 3.05) is 27.9 Å². The predicted octanol–water partition coefficient (Wildman–Crippen LogP) is 4.64. The summed E-state index contributed by atoms with van der Waals surface area (Å²) >= 11 is 0. The topological polar surface area (TPSA) is 178 Å². The van der Waals surface area contributed by atoms with Crippen LogP contribution >= 0.6 is 0 Å². The lowest BCUT2D eigenvalue weighted by atomic mass is 9.81. The molecule has 57 heavy (non-hydrogen) atoms. The molecule has 3 heterocycles. The molecule has 2 saturated heterocycles. The highest BCUT2D eigenvalue weighted by Gasteiger charge is 2.56. The first-order valence-corrected chi connectivity index (χ1v) is 20.9. The van der Waals surface area contributed by atoms with Gasteiger partial charge in [-0.05, 0) is 95.5 Å². The van der Waals surface area contributed by atoms with E-state index in [1.165, 1.54) is 19.1 Å². The molecule has 3 aliphatic heterocycles. The molecule has 4 rings (SSSR count). The van der Waals surface area contributed by atoms with Crippen molar-refractivity contribution in [2.45, 2.75) is 160 Å². The third-order valence-corrected chi connectivity index (χ3v) is 12.9. The summed E-state index contributed by atoms with van der Waals surface area (Å²) in [5.74, 6) is -7.76. The van der Waals surface area contributed by atoms with Gasteiger partial charge < -0.3 is 43.9 Å². The number of carbonyl (C=O) groups is 4. The number of methoxy groups -OCH3 is 3. The van der Waals surface area contributed by atoms with E-state index in [1.54, 1.807) is 27.0 Å². The van der Waals surface area contributed by atoms with Crippen LogP contribution in [0.25, 0.3) is 0 Å². The van der Waals surface area contributed by atoms with E-state index in [0.717, 1.165) is 5.57 Å². The molecule has 1 amide bonds. The summed E-state index contributed by atoms with van der Waals surface area (Å²) in [6.07, 6.45) is 4.93. The normalized spacial score (nSPS) is 41.0. The minimum absolute atomic E-state index is 0.00988. The van der Waals surface area contributed by atoms with Crippen LogP contribution in [0.3, 0.4) is 0 Å². The minimum Gasteiger partial charge on any atom is -0.456 e. The average Bonchev–Trinajstić information content (AvgIpc) is 3.18. The lowest BCUT2D eigenvalue weighted by Crippen LogP contribution is -2.64. The SMILES string of the molecule is C=CCC1/C=C(\C)C[C@H](C)CC(OC)C2OC(O)(C(=O)C(=O)N3CCCCC3C(=O)OC(/C(C)=C/[C@@H]3CC[C@@H](O)C(OC)C3)C(C)C(O)CC1=O)C(C)CC2OC. The number of hydrogen-bond acceptors (Lipinski definition) is 12. The van der Waals surface area contributed by atoms with Gasteiger partial charge in [0.25, 0.3) is 11.7 Å². The van der Waals surface area contributed by atoms with Crippen molar-refractivity contribution in [1.82, 2.24) is 4.90 Å². The zero-order valence-electron chi connectivity index (χ0n) is 35.4. The molecule has 0 aromatic carbocycles. The molecule has 13 nitrogen and oxygen atoms in total. The number of Topliss-reactive ketones (excluding diaryl/α,β-unsaturated/α-hetero) is 2. The van der Waals surface area contributed by atoms with Crippen LogP contribution < -0.4 is 0 Å². The number of cyclic esters (lactones) is 1. The van der Waals surface area contributed by atoms with Crippen molar-refractivity contribution in [3.8, 4) is 0 Å². The number of hydrogen-bond donors (Lipinski definition) is 3. The molecule has 0 aromatic rings. The Morgan fingerprint density at radius 1 is 0.930 bits per heavy atom. The molecule has 3 N–H and O–H groups in total. The Kier molecular flexibility index (Phi) is 17.2. The maximum atomic E-state index is 14.3. The van der Waals surface area contributed by atoms with Crippen molar-refractivity contribution in [1.29, 1.82) is 0 Å². The van der Waals surface area contributed by atoms with Gasteiger partial charge in [-0.15, -0.1) is 6.58 Å². The van der Waals surface area contributed by atoms with Gasteiger partial charge in [0.05, 0.1) is 30.5 Å². The molecule has 0 spiro atoms. The molecule has 13 heteroatoms. The maximum absolute atomic E-state index is 14.3. The van der Waals surface area contributed by atoms with Crippen molar-refractivity contribution in [3.63, 3.8) is 0 Å². The Balaban J connectivity index is 1.78. The number of nitrogens with zero attached hydrogens (tertiary/aromatic N) is 1. The molecule has 4 aliphatic rings. The molecular formula is C44H69NO12. The Hall–Kier alpha value is -2.78. The van der Waals surface area contributed by atoms with Crippen LogP contribution in [0.2, 0.25) is 0 Å². The highest BCUT2D eigenvalue weighted by atomic mass is 16.7. The van der Waals surface area contributed by atoms with Crippen LogP contribution in [0.1, 0.15) is 105 Å². The van der Waals surface area contributed by atoms with Crippen LogP contribution in [0.15, 0.2) is 36.0 Å². The number of amides is 1. The first-order valence-electron chi connectivity index (χ1n) is 20.9. The maximum Gasteiger partial charge on any atom is 0.329 e. The van der Waals surface area contributed by atoms with Crippen molar-refractivity contribution in [3.05, 3.63) is 36.0 Å². The number of ether oxygens (including phenoxy) is 5. The van der Waals surface area contributed by atoms with E-state index >= 15 is 0 Å². The second-order valence-corrected chi connectivity index (χ2v) is 17.3. The minimum atomic E-state index is -2.51. The van der Waals surface area contributed by atoms with Crippen LogP contribution in [-0.2, 0) is 42.9 Å².